The molecule has 0 bridgehead atoms. The van der Waals surface area contributed by atoms with Crippen LogP contribution in [0.5, 0.6) is 0 Å². The Labute approximate surface area is 106 Å². The Morgan fingerprint density at radius 3 is 1.92 bits per heavy atom. The summed E-state index contributed by atoms with van der Waals surface area (Å²) in [7, 11) is 0. The van der Waals surface area contributed by atoms with Crippen LogP contribution in [0.1, 0.15) is 22.3 Å². The van der Waals surface area contributed by atoms with Crippen molar-refractivity contribution < 1.29 is 37.5 Å². The fourth-order valence-corrected chi connectivity index (χ4v) is 1.07. The number of rotatable bonds is 1. The van der Waals surface area contributed by atoms with Crippen molar-refractivity contribution in [1.29, 1.82) is 0 Å². The predicted octanol–water partition coefficient (Wildman–Crippen LogP) is 2.52. The second-order valence-corrected chi connectivity index (χ2v) is 2.85. The molecule has 0 radical (unpaired) electrons. The molecule has 0 saturated heterocycles. The van der Waals surface area contributed by atoms with E-state index in [1.165, 1.54) is 5.56 Å². The molecule has 66 valence electrons. The zero-order chi connectivity index (χ0) is 8.43. The van der Waals surface area contributed by atoms with E-state index < -0.39 is 0 Å². The van der Waals surface area contributed by atoms with E-state index in [1.54, 1.807) is 0 Å². The van der Waals surface area contributed by atoms with Gasteiger partial charge < -0.3 is 12.2 Å². The number of benzene rings is 1. The van der Waals surface area contributed by atoms with E-state index in [0.29, 0.717) is 5.56 Å². The van der Waals surface area contributed by atoms with Crippen LogP contribution in [-0.4, -0.2) is 6.29 Å². The Bertz CT molecular complexity index is 292. The molecule has 0 aromatic heterocycles. The molecule has 0 aliphatic heterocycles. The Kier molecular flexibility index (Phi) is 7.67. The molecule has 0 aliphatic carbocycles. The van der Waals surface area contributed by atoms with Gasteiger partial charge in [0.25, 0.3) is 0 Å². The molecule has 0 aliphatic rings. The van der Waals surface area contributed by atoms with Crippen molar-refractivity contribution in [2.45, 2.75) is 20.8 Å². The molecule has 2 heteroatoms. The van der Waals surface area contributed by atoms with Crippen LogP contribution in [0.3, 0.4) is 0 Å². The van der Waals surface area contributed by atoms with Crippen molar-refractivity contribution in [3.05, 3.63) is 41.8 Å². The van der Waals surface area contributed by atoms with E-state index >= 15 is 0 Å². The molecular weight excluding hydrogens is 237 g/mol. The molecular formula is C11H14OY+. The topological polar surface area (TPSA) is 17.1 Å². The van der Waals surface area contributed by atoms with Crippen molar-refractivity contribution in [2.75, 3.05) is 0 Å². The minimum atomic E-state index is 0. The van der Waals surface area contributed by atoms with Crippen LogP contribution in [0.2, 0.25) is 0 Å². The number of hydrogen-bond donors (Lipinski definition) is 0. The van der Waals surface area contributed by atoms with E-state index in [4.69, 9.17) is 0 Å². The first kappa shape index (κ1) is 15.5. The number of carbonyl (C=O) groups excluding carboxylic acids is 1. The van der Waals surface area contributed by atoms with Gasteiger partial charge in [0.1, 0.15) is 0 Å². The zero-order valence-corrected chi connectivity index (χ0v) is 11.5. The quantitative estimate of drug-likeness (QED) is 0.701. The van der Waals surface area contributed by atoms with Gasteiger partial charge in [-0.25, -0.2) is 0 Å². The molecule has 0 atom stereocenters. The second kappa shape index (κ2) is 6.45. The molecule has 0 N–H and O–H groups in total. The van der Waals surface area contributed by atoms with Crippen molar-refractivity contribution >= 4 is 6.29 Å². The third-order valence-corrected chi connectivity index (χ3v) is 1.95. The van der Waals surface area contributed by atoms with Crippen molar-refractivity contribution in [3.63, 3.8) is 0 Å². The SMILES string of the molecule is Cc1cc(C)c([C-]=O)cc1C.[CH3-].[Y+3]. The summed E-state index contributed by atoms with van der Waals surface area (Å²) in [6, 6.07) is 3.88. The Balaban J connectivity index is 0. The van der Waals surface area contributed by atoms with Gasteiger partial charge in [0.2, 0.25) is 0 Å². The first-order valence-electron chi connectivity index (χ1n) is 3.61. The fraction of sp³-hybridized carbons (Fsp3) is 0.273. The number of aryl methyl sites for hydroxylation is 3. The third kappa shape index (κ3) is 3.70. The molecule has 1 aromatic rings. The molecule has 0 saturated carbocycles. The van der Waals surface area contributed by atoms with Crippen LogP contribution < -0.4 is 0 Å². The predicted molar refractivity (Wildman–Crippen MR) is 51.9 cm³/mol. The van der Waals surface area contributed by atoms with Crippen LogP contribution in [0.15, 0.2) is 12.1 Å². The Hall–Kier alpha value is -0.00610. The molecule has 0 spiro atoms. The van der Waals surface area contributed by atoms with Crippen molar-refractivity contribution in [2.24, 2.45) is 0 Å². The van der Waals surface area contributed by atoms with Gasteiger partial charge in [-0.15, -0.1) is 22.8 Å². The molecule has 0 unspecified atom stereocenters. The van der Waals surface area contributed by atoms with Crippen LogP contribution in [0.25, 0.3) is 0 Å². The molecule has 0 heterocycles. The van der Waals surface area contributed by atoms with Crippen molar-refractivity contribution in [3.8, 4) is 0 Å². The second-order valence-electron chi connectivity index (χ2n) is 2.85. The van der Waals surface area contributed by atoms with Gasteiger partial charge in [0.05, 0.1) is 6.29 Å². The molecule has 0 fully saturated rings. The minimum absolute atomic E-state index is 0. The maximum atomic E-state index is 10.4. The summed E-state index contributed by atoms with van der Waals surface area (Å²) >= 11 is 0. The zero-order valence-electron chi connectivity index (χ0n) is 8.64. The van der Waals surface area contributed by atoms with E-state index in [1.807, 2.05) is 39.2 Å². The first-order chi connectivity index (χ1) is 5.15. The summed E-state index contributed by atoms with van der Waals surface area (Å²) in [4.78, 5) is 10.4. The summed E-state index contributed by atoms with van der Waals surface area (Å²) in [5, 5.41) is 0. The standard InChI is InChI=1S/C10H11O.CH3.Y/c1-7-4-9(3)10(6-11)5-8(7)2;;/h4-5H,1-3H3;1H3;/q2*-1;+3. The summed E-state index contributed by atoms with van der Waals surface area (Å²) in [5.41, 5.74) is 4.05. The van der Waals surface area contributed by atoms with Gasteiger partial charge in [-0.1, -0.05) is 19.4 Å². The van der Waals surface area contributed by atoms with Gasteiger partial charge in [0, 0.05) is 0 Å². The molecule has 1 aromatic carbocycles. The van der Waals surface area contributed by atoms with Gasteiger partial charge in [-0.05, 0) is 6.92 Å². The minimum Gasteiger partial charge on any atom is -0.376 e. The Morgan fingerprint density at radius 2 is 1.46 bits per heavy atom. The molecule has 1 nitrogen and oxygen atoms in total. The monoisotopic (exact) mass is 251 g/mol. The van der Waals surface area contributed by atoms with Gasteiger partial charge in [-0.3, -0.25) is 0 Å². The summed E-state index contributed by atoms with van der Waals surface area (Å²) in [6.07, 6.45) is 1.91. The van der Waals surface area contributed by atoms with Crippen LogP contribution in [-0.2, 0) is 37.5 Å². The summed E-state index contributed by atoms with van der Waals surface area (Å²) in [5.74, 6) is 0. The average molecular weight is 251 g/mol. The normalized spacial score (nSPS) is 8.23. The largest absolute Gasteiger partial charge is 3.00 e. The average Bonchev–Trinajstić information content (AvgIpc) is 1.97. The van der Waals surface area contributed by atoms with Gasteiger partial charge in [-0.2, -0.15) is 6.07 Å². The van der Waals surface area contributed by atoms with Gasteiger partial charge >= 0.3 is 32.7 Å². The van der Waals surface area contributed by atoms with Crippen molar-refractivity contribution in [1.82, 2.24) is 0 Å². The van der Waals surface area contributed by atoms with Crippen LogP contribution in [0, 0.1) is 28.2 Å². The van der Waals surface area contributed by atoms with E-state index in [0.717, 1.165) is 11.1 Å². The van der Waals surface area contributed by atoms with E-state index in [9.17, 15) is 4.79 Å². The fourth-order valence-electron chi connectivity index (χ4n) is 1.07. The van der Waals surface area contributed by atoms with Crippen LogP contribution >= 0.6 is 0 Å². The molecule has 0 amide bonds. The maximum Gasteiger partial charge on any atom is 3.00 e. The summed E-state index contributed by atoms with van der Waals surface area (Å²) in [6.45, 7) is 5.96. The third-order valence-electron chi connectivity index (χ3n) is 1.95. The summed E-state index contributed by atoms with van der Waals surface area (Å²) < 4.78 is 0. The maximum absolute atomic E-state index is 10.4. The van der Waals surface area contributed by atoms with Gasteiger partial charge in [0.15, 0.2) is 0 Å². The van der Waals surface area contributed by atoms with E-state index in [2.05, 4.69) is 0 Å². The molecule has 13 heavy (non-hydrogen) atoms. The number of hydrogen-bond acceptors (Lipinski definition) is 1. The van der Waals surface area contributed by atoms with Crippen LogP contribution in [0.4, 0.5) is 0 Å². The Morgan fingerprint density at radius 1 is 1.00 bits per heavy atom. The van der Waals surface area contributed by atoms with E-state index in [-0.39, 0.29) is 40.1 Å². The smallest absolute Gasteiger partial charge is 0.376 e. The first-order valence-corrected chi connectivity index (χ1v) is 3.61. The molecule has 1 rings (SSSR count).